The quantitative estimate of drug-likeness (QED) is 0.766. The summed E-state index contributed by atoms with van der Waals surface area (Å²) in [6, 6.07) is 13.1. The predicted molar refractivity (Wildman–Crippen MR) is 105 cm³/mol. The molecule has 2 aromatic carbocycles. The molecule has 1 heterocycles. The van der Waals surface area contributed by atoms with Crippen molar-refractivity contribution in [3.05, 3.63) is 63.6 Å². The fraction of sp³-hybridized carbons (Fsp3) is 0.350. The van der Waals surface area contributed by atoms with Crippen LogP contribution in [-0.2, 0) is 0 Å². The van der Waals surface area contributed by atoms with Gasteiger partial charge in [-0.2, -0.15) is 0 Å². The van der Waals surface area contributed by atoms with Gasteiger partial charge in [-0.25, -0.2) is 0 Å². The van der Waals surface area contributed by atoms with Gasteiger partial charge in [-0.05, 0) is 37.3 Å². The lowest BCUT2D eigenvalue weighted by molar-refractivity contribution is 0.0620. The van der Waals surface area contributed by atoms with E-state index in [0.29, 0.717) is 35.3 Å². The first kappa shape index (κ1) is 19.0. The van der Waals surface area contributed by atoms with Gasteiger partial charge in [0.1, 0.15) is 12.4 Å². The number of benzene rings is 2. The van der Waals surface area contributed by atoms with Crippen LogP contribution in [0, 0.1) is 6.92 Å². The smallest absolute Gasteiger partial charge is 0.255 e. The standard InChI is InChI=1S/C20H22Cl2N2O2/c1-15-2-5-17(6-3-15)26-13-12-23-8-10-24(11-9-23)20(25)18-7-4-16(21)14-19(18)22/h2-7,14H,8-13H2,1H3. The molecular formula is C20H22Cl2N2O2. The Kier molecular flexibility index (Phi) is 6.41. The summed E-state index contributed by atoms with van der Waals surface area (Å²) in [6.45, 7) is 6.56. The number of amides is 1. The first-order valence-corrected chi connectivity index (χ1v) is 9.44. The summed E-state index contributed by atoms with van der Waals surface area (Å²) in [4.78, 5) is 16.8. The lowest BCUT2D eigenvalue weighted by Gasteiger charge is -2.34. The van der Waals surface area contributed by atoms with Crippen LogP contribution in [0.4, 0.5) is 0 Å². The summed E-state index contributed by atoms with van der Waals surface area (Å²) >= 11 is 12.0. The summed E-state index contributed by atoms with van der Waals surface area (Å²) < 4.78 is 5.78. The van der Waals surface area contributed by atoms with E-state index in [1.165, 1.54) is 5.56 Å². The molecule has 0 bridgehead atoms. The highest BCUT2D eigenvalue weighted by Gasteiger charge is 2.23. The molecule has 0 aliphatic carbocycles. The van der Waals surface area contributed by atoms with E-state index in [-0.39, 0.29) is 5.91 Å². The van der Waals surface area contributed by atoms with Crippen LogP contribution < -0.4 is 4.74 Å². The van der Waals surface area contributed by atoms with Crippen molar-refractivity contribution in [2.45, 2.75) is 6.92 Å². The Morgan fingerprint density at radius 1 is 1.04 bits per heavy atom. The van der Waals surface area contributed by atoms with Crippen LogP contribution in [0.25, 0.3) is 0 Å². The molecule has 0 atom stereocenters. The second kappa shape index (κ2) is 8.76. The highest BCUT2D eigenvalue weighted by molar-refractivity contribution is 6.36. The summed E-state index contributed by atoms with van der Waals surface area (Å²) in [5, 5.41) is 0.932. The molecule has 1 fully saturated rings. The van der Waals surface area contributed by atoms with Gasteiger partial charge in [0.2, 0.25) is 0 Å². The van der Waals surface area contributed by atoms with E-state index >= 15 is 0 Å². The highest BCUT2D eigenvalue weighted by atomic mass is 35.5. The molecule has 1 aliphatic rings. The average Bonchev–Trinajstić information content (AvgIpc) is 2.63. The third-order valence-electron chi connectivity index (χ3n) is 4.52. The van der Waals surface area contributed by atoms with Crippen molar-refractivity contribution in [2.75, 3.05) is 39.3 Å². The minimum absolute atomic E-state index is 0.0396. The first-order valence-electron chi connectivity index (χ1n) is 8.69. The van der Waals surface area contributed by atoms with Crippen LogP contribution in [0.3, 0.4) is 0 Å². The van der Waals surface area contributed by atoms with Crippen molar-refractivity contribution in [1.29, 1.82) is 0 Å². The fourth-order valence-corrected chi connectivity index (χ4v) is 3.42. The van der Waals surface area contributed by atoms with Crippen molar-refractivity contribution in [1.82, 2.24) is 9.80 Å². The van der Waals surface area contributed by atoms with Crippen molar-refractivity contribution < 1.29 is 9.53 Å². The molecular weight excluding hydrogens is 371 g/mol. The Morgan fingerprint density at radius 3 is 2.38 bits per heavy atom. The van der Waals surface area contributed by atoms with Gasteiger partial charge < -0.3 is 9.64 Å². The molecule has 3 rings (SSSR count). The second-order valence-electron chi connectivity index (χ2n) is 6.42. The Hall–Kier alpha value is -1.75. The van der Waals surface area contributed by atoms with E-state index in [0.717, 1.165) is 25.4 Å². The van der Waals surface area contributed by atoms with Crippen LogP contribution in [-0.4, -0.2) is 55.0 Å². The Labute approximate surface area is 164 Å². The number of hydrogen-bond donors (Lipinski definition) is 0. The summed E-state index contributed by atoms with van der Waals surface area (Å²) in [5.41, 5.74) is 1.73. The van der Waals surface area contributed by atoms with E-state index in [1.54, 1.807) is 18.2 Å². The average molecular weight is 393 g/mol. The molecule has 138 valence electrons. The van der Waals surface area contributed by atoms with Crippen LogP contribution in [0.1, 0.15) is 15.9 Å². The Bertz CT molecular complexity index is 757. The molecule has 26 heavy (non-hydrogen) atoms. The van der Waals surface area contributed by atoms with Gasteiger partial charge >= 0.3 is 0 Å². The molecule has 0 aromatic heterocycles. The molecule has 2 aromatic rings. The summed E-state index contributed by atoms with van der Waals surface area (Å²) in [6.07, 6.45) is 0. The summed E-state index contributed by atoms with van der Waals surface area (Å²) in [7, 11) is 0. The molecule has 0 saturated carbocycles. The van der Waals surface area contributed by atoms with E-state index in [1.807, 2.05) is 29.2 Å². The number of hydrogen-bond acceptors (Lipinski definition) is 3. The first-order chi connectivity index (χ1) is 12.5. The van der Waals surface area contributed by atoms with Crippen LogP contribution >= 0.6 is 23.2 Å². The topological polar surface area (TPSA) is 32.8 Å². The number of aryl methyl sites for hydroxylation is 1. The molecule has 0 spiro atoms. The predicted octanol–water partition coefficient (Wildman–Crippen LogP) is 4.14. The van der Waals surface area contributed by atoms with E-state index in [4.69, 9.17) is 27.9 Å². The van der Waals surface area contributed by atoms with Crippen molar-refractivity contribution in [3.8, 4) is 5.75 Å². The minimum atomic E-state index is -0.0396. The van der Waals surface area contributed by atoms with Gasteiger partial charge in [-0.15, -0.1) is 0 Å². The van der Waals surface area contributed by atoms with E-state index in [9.17, 15) is 4.79 Å². The van der Waals surface area contributed by atoms with Gasteiger partial charge in [0.25, 0.3) is 5.91 Å². The zero-order valence-corrected chi connectivity index (χ0v) is 16.3. The minimum Gasteiger partial charge on any atom is -0.492 e. The maximum absolute atomic E-state index is 12.6. The monoisotopic (exact) mass is 392 g/mol. The molecule has 1 saturated heterocycles. The molecule has 0 radical (unpaired) electrons. The third kappa shape index (κ3) is 4.91. The zero-order chi connectivity index (χ0) is 18.5. The number of nitrogens with zero attached hydrogens (tertiary/aromatic N) is 2. The SMILES string of the molecule is Cc1ccc(OCCN2CCN(C(=O)c3ccc(Cl)cc3Cl)CC2)cc1. The number of carbonyl (C=O) groups excluding carboxylic acids is 1. The number of rotatable bonds is 5. The molecule has 1 amide bonds. The lowest BCUT2D eigenvalue weighted by atomic mass is 10.2. The van der Waals surface area contributed by atoms with Crippen molar-refractivity contribution in [3.63, 3.8) is 0 Å². The maximum Gasteiger partial charge on any atom is 0.255 e. The number of halogens is 2. The maximum atomic E-state index is 12.6. The fourth-order valence-electron chi connectivity index (χ4n) is 2.93. The zero-order valence-electron chi connectivity index (χ0n) is 14.8. The number of ether oxygens (including phenoxy) is 1. The van der Waals surface area contributed by atoms with Crippen LogP contribution in [0.2, 0.25) is 10.0 Å². The third-order valence-corrected chi connectivity index (χ3v) is 5.07. The van der Waals surface area contributed by atoms with Gasteiger partial charge in [-0.3, -0.25) is 9.69 Å². The normalized spacial score (nSPS) is 15.1. The van der Waals surface area contributed by atoms with Gasteiger partial charge in [0.15, 0.2) is 0 Å². The molecule has 1 aliphatic heterocycles. The Morgan fingerprint density at radius 2 is 1.73 bits per heavy atom. The second-order valence-corrected chi connectivity index (χ2v) is 7.26. The van der Waals surface area contributed by atoms with Crippen LogP contribution in [0.5, 0.6) is 5.75 Å². The lowest BCUT2D eigenvalue weighted by Crippen LogP contribution is -2.49. The van der Waals surface area contributed by atoms with Crippen molar-refractivity contribution in [2.24, 2.45) is 0 Å². The van der Waals surface area contributed by atoms with Gasteiger partial charge in [0, 0.05) is 37.7 Å². The molecule has 6 heteroatoms. The largest absolute Gasteiger partial charge is 0.492 e. The van der Waals surface area contributed by atoms with Gasteiger partial charge in [0.05, 0.1) is 10.6 Å². The number of piperazine rings is 1. The summed E-state index contributed by atoms with van der Waals surface area (Å²) in [5.74, 6) is 0.851. The molecule has 4 nitrogen and oxygen atoms in total. The van der Waals surface area contributed by atoms with E-state index in [2.05, 4.69) is 11.8 Å². The van der Waals surface area contributed by atoms with Gasteiger partial charge in [-0.1, -0.05) is 40.9 Å². The molecule has 0 N–H and O–H groups in total. The number of carbonyl (C=O) groups is 1. The van der Waals surface area contributed by atoms with Crippen molar-refractivity contribution >= 4 is 29.1 Å². The Balaban J connectivity index is 1.45. The highest BCUT2D eigenvalue weighted by Crippen LogP contribution is 2.22. The van der Waals surface area contributed by atoms with Crippen LogP contribution in [0.15, 0.2) is 42.5 Å². The molecule has 0 unspecified atom stereocenters. The van der Waals surface area contributed by atoms with E-state index < -0.39 is 0 Å².